The number of aromatic amines is 1. The highest BCUT2D eigenvalue weighted by molar-refractivity contribution is 7.13. The van der Waals surface area contributed by atoms with Crippen LogP contribution in [0.1, 0.15) is 22.2 Å². The number of carbonyl (C=O) groups excluding carboxylic acids is 1. The highest BCUT2D eigenvalue weighted by atomic mass is 32.1. The van der Waals surface area contributed by atoms with E-state index >= 15 is 0 Å². The van der Waals surface area contributed by atoms with Crippen molar-refractivity contribution in [1.29, 1.82) is 0 Å². The molecule has 0 spiro atoms. The van der Waals surface area contributed by atoms with Gasteiger partial charge in [0, 0.05) is 35.8 Å². The fourth-order valence-electron chi connectivity index (χ4n) is 3.08. The Hall–Kier alpha value is -2.93. The van der Waals surface area contributed by atoms with E-state index in [9.17, 15) is 4.79 Å². The molecule has 0 aliphatic carbocycles. The minimum atomic E-state index is 0.0392. The quantitative estimate of drug-likeness (QED) is 0.613. The van der Waals surface area contributed by atoms with Crippen LogP contribution in [0.4, 0.5) is 0 Å². The number of hydrogen-bond donors (Lipinski definition) is 1. The van der Waals surface area contributed by atoms with Gasteiger partial charge in [0.2, 0.25) is 11.7 Å². The summed E-state index contributed by atoms with van der Waals surface area (Å²) < 4.78 is 5.38. The zero-order valence-electron chi connectivity index (χ0n) is 13.2. The summed E-state index contributed by atoms with van der Waals surface area (Å²) >= 11 is 1.58. The number of benzene rings is 1. The molecule has 7 heteroatoms. The molecule has 4 aromatic rings. The van der Waals surface area contributed by atoms with Crippen molar-refractivity contribution in [2.24, 2.45) is 0 Å². The van der Waals surface area contributed by atoms with Gasteiger partial charge >= 0.3 is 0 Å². The molecule has 1 aromatic carbocycles. The van der Waals surface area contributed by atoms with Crippen LogP contribution in [-0.2, 0) is 0 Å². The molecule has 6 nitrogen and oxygen atoms in total. The number of fused-ring (bicyclic) bond motifs is 1. The van der Waals surface area contributed by atoms with E-state index in [-0.39, 0.29) is 11.8 Å². The molecule has 0 radical (unpaired) electrons. The van der Waals surface area contributed by atoms with Gasteiger partial charge in [-0.15, -0.1) is 11.3 Å². The van der Waals surface area contributed by atoms with E-state index in [1.54, 1.807) is 11.3 Å². The van der Waals surface area contributed by atoms with Crippen LogP contribution in [-0.4, -0.2) is 39.0 Å². The number of amides is 1. The summed E-state index contributed by atoms with van der Waals surface area (Å²) in [5.41, 5.74) is 1.74. The predicted molar refractivity (Wildman–Crippen MR) is 94.6 cm³/mol. The van der Waals surface area contributed by atoms with Gasteiger partial charge in [0.25, 0.3) is 5.91 Å². The normalized spacial score (nSPS) is 14.8. The van der Waals surface area contributed by atoms with Crippen molar-refractivity contribution in [3.63, 3.8) is 0 Å². The topological polar surface area (TPSA) is 75.0 Å². The average Bonchev–Trinajstić information content (AvgIpc) is 3.33. The number of aromatic nitrogens is 3. The molecule has 5 rings (SSSR count). The molecule has 1 aliphatic heterocycles. The van der Waals surface area contributed by atoms with Gasteiger partial charge in [-0.3, -0.25) is 4.79 Å². The molecule has 1 saturated heterocycles. The van der Waals surface area contributed by atoms with E-state index in [2.05, 4.69) is 15.1 Å². The van der Waals surface area contributed by atoms with Crippen molar-refractivity contribution >= 4 is 28.1 Å². The van der Waals surface area contributed by atoms with E-state index in [0.717, 1.165) is 15.8 Å². The number of nitrogens with one attached hydrogen (secondary N) is 1. The van der Waals surface area contributed by atoms with E-state index in [4.69, 9.17) is 4.52 Å². The number of rotatable bonds is 3. The lowest BCUT2D eigenvalue weighted by molar-refractivity contribution is 0.0569. The van der Waals surface area contributed by atoms with Gasteiger partial charge in [-0.25, -0.2) is 0 Å². The van der Waals surface area contributed by atoms with Gasteiger partial charge in [-0.2, -0.15) is 4.98 Å². The standard InChI is InChI=1S/C18H14N4O2S/c23-18(12-3-4-14-11(8-12)5-6-19-14)22-9-13(10-22)17-20-16(21-24-17)15-2-1-7-25-15/h1-8,13,19H,9-10H2. The third kappa shape index (κ3) is 2.44. The van der Waals surface area contributed by atoms with Crippen molar-refractivity contribution in [2.45, 2.75) is 5.92 Å². The summed E-state index contributed by atoms with van der Waals surface area (Å²) in [6.07, 6.45) is 1.87. The van der Waals surface area contributed by atoms with Crippen LogP contribution < -0.4 is 0 Å². The highest BCUT2D eigenvalue weighted by Gasteiger charge is 2.36. The first-order valence-corrected chi connectivity index (χ1v) is 8.90. The Morgan fingerprint density at radius 2 is 2.20 bits per heavy atom. The molecule has 0 atom stereocenters. The second-order valence-electron chi connectivity index (χ2n) is 6.12. The fraction of sp³-hybridized carbons (Fsp3) is 0.167. The van der Waals surface area contributed by atoms with Crippen LogP contribution in [0, 0.1) is 0 Å². The Bertz CT molecular complexity index is 1040. The summed E-state index contributed by atoms with van der Waals surface area (Å²) in [6, 6.07) is 11.6. The molecule has 25 heavy (non-hydrogen) atoms. The second-order valence-corrected chi connectivity index (χ2v) is 7.07. The van der Waals surface area contributed by atoms with Crippen molar-refractivity contribution < 1.29 is 9.32 Å². The Balaban J connectivity index is 1.29. The summed E-state index contributed by atoms with van der Waals surface area (Å²) in [4.78, 5) is 23.0. The lowest BCUT2D eigenvalue weighted by Crippen LogP contribution is -2.48. The molecule has 3 aromatic heterocycles. The average molecular weight is 350 g/mol. The second kappa shape index (κ2) is 5.56. The molecule has 0 saturated carbocycles. The maximum atomic E-state index is 12.6. The molecule has 0 bridgehead atoms. The zero-order valence-corrected chi connectivity index (χ0v) is 14.0. The Labute approximate surface area is 147 Å². The zero-order chi connectivity index (χ0) is 16.8. The Morgan fingerprint density at radius 3 is 3.04 bits per heavy atom. The Morgan fingerprint density at radius 1 is 1.28 bits per heavy atom. The van der Waals surface area contributed by atoms with Crippen LogP contribution >= 0.6 is 11.3 Å². The van der Waals surface area contributed by atoms with Crippen molar-refractivity contribution in [3.8, 4) is 10.7 Å². The third-order valence-electron chi connectivity index (χ3n) is 4.50. The molecular weight excluding hydrogens is 336 g/mol. The third-order valence-corrected chi connectivity index (χ3v) is 5.37. The van der Waals surface area contributed by atoms with Gasteiger partial charge in [-0.1, -0.05) is 11.2 Å². The lowest BCUT2D eigenvalue weighted by atomic mass is 9.98. The number of H-pyrrole nitrogens is 1. The molecule has 1 N–H and O–H groups in total. The first-order valence-electron chi connectivity index (χ1n) is 8.02. The molecule has 1 fully saturated rings. The number of carbonyl (C=O) groups is 1. The maximum Gasteiger partial charge on any atom is 0.253 e. The van der Waals surface area contributed by atoms with Gasteiger partial charge < -0.3 is 14.4 Å². The first kappa shape index (κ1) is 14.4. The SMILES string of the molecule is O=C(c1ccc2[nH]ccc2c1)N1CC(c2nc(-c3cccs3)no2)C1. The van der Waals surface area contributed by atoms with E-state index in [1.807, 2.05) is 52.9 Å². The smallest absolute Gasteiger partial charge is 0.253 e. The van der Waals surface area contributed by atoms with Crippen LogP contribution in [0.3, 0.4) is 0 Å². The van der Waals surface area contributed by atoms with Crippen LogP contribution in [0.25, 0.3) is 21.6 Å². The minimum absolute atomic E-state index is 0.0392. The molecule has 1 aliphatic rings. The summed E-state index contributed by atoms with van der Waals surface area (Å²) in [6.45, 7) is 1.21. The number of likely N-dealkylation sites (tertiary alicyclic amines) is 1. The molecule has 4 heterocycles. The summed E-state index contributed by atoms with van der Waals surface area (Å²) in [7, 11) is 0. The summed E-state index contributed by atoms with van der Waals surface area (Å²) in [5.74, 6) is 1.37. The summed E-state index contributed by atoms with van der Waals surface area (Å²) in [5, 5.41) is 7.06. The molecule has 0 unspecified atom stereocenters. The maximum absolute atomic E-state index is 12.6. The van der Waals surface area contributed by atoms with Gasteiger partial charge in [0.1, 0.15) is 0 Å². The van der Waals surface area contributed by atoms with Gasteiger partial charge in [-0.05, 0) is 35.7 Å². The van der Waals surface area contributed by atoms with Gasteiger partial charge in [0.15, 0.2) is 0 Å². The van der Waals surface area contributed by atoms with E-state index in [1.165, 1.54) is 0 Å². The predicted octanol–water partition coefficient (Wildman–Crippen LogP) is 3.52. The molecular formula is C18H14N4O2S. The van der Waals surface area contributed by atoms with Crippen LogP contribution in [0.5, 0.6) is 0 Å². The minimum Gasteiger partial charge on any atom is -0.361 e. The van der Waals surface area contributed by atoms with Gasteiger partial charge in [0.05, 0.1) is 10.8 Å². The fourth-order valence-corrected chi connectivity index (χ4v) is 3.73. The lowest BCUT2D eigenvalue weighted by Gasteiger charge is -2.37. The highest BCUT2D eigenvalue weighted by Crippen LogP contribution is 2.30. The molecule has 1 amide bonds. The number of nitrogens with zero attached hydrogens (tertiary/aromatic N) is 3. The van der Waals surface area contributed by atoms with E-state index in [0.29, 0.717) is 30.4 Å². The van der Waals surface area contributed by atoms with Crippen molar-refractivity contribution in [1.82, 2.24) is 20.0 Å². The van der Waals surface area contributed by atoms with Crippen LogP contribution in [0.15, 0.2) is 52.5 Å². The largest absolute Gasteiger partial charge is 0.361 e. The number of thiophene rings is 1. The van der Waals surface area contributed by atoms with Crippen LogP contribution in [0.2, 0.25) is 0 Å². The van der Waals surface area contributed by atoms with E-state index < -0.39 is 0 Å². The van der Waals surface area contributed by atoms with Crippen molar-refractivity contribution in [3.05, 3.63) is 59.4 Å². The number of hydrogen-bond acceptors (Lipinski definition) is 5. The van der Waals surface area contributed by atoms with Crippen molar-refractivity contribution in [2.75, 3.05) is 13.1 Å². The molecule has 124 valence electrons. The Kier molecular flexibility index (Phi) is 3.21. The first-order chi connectivity index (χ1) is 12.3. The monoisotopic (exact) mass is 350 g/mol.